The molecule has 0 amide bonds. The lowest BCUT2D eigenvalue weighted by molar-refractivity contribution is 0.0482. The van der Waals surface area contributed by atoms with Crippen molar-refractivity contribution < 1.29 is 4.74 Å². The lowest BCUT2D eigenvalue weighted by atomic mass is 9.85. The molecule has 0 aliphatic rings. The van der Waals surface area contributed by atoms with Crippen LogP contribution in [0.25, 0.3) is 11.0 Å². The first kappa shape index (κ1) is 19.2. The Bertz CT molecular complexity index is 1070. The fourth-order valence-corrected chi connectivity index (χ4v) is 4.15. The lowest BCUT2D eigenvalue weighted by Crippen LogP contribution is -2.35. The molecule has 0 N–H and O–H groups in total. The number of methoxy groups -OCH3 is 1. The van der Waals surface area contributed by atoms with E-state index in [-0.39, 0.29) is 0 Å². The molecule has 3 aromatic carbocycles. The highest BCUT2D eigenvalue weighted by Crippen LogP contribution is 2.40. The quantitative estimate of drug-likeness (QED) is 0.382. The minimum atomic E-state index is -0.795. The van der Waals surface area contributed by atoms with Crippen LogP contribution in [0.3, 0.4) is 0 Å². The molecular formula is C26H26N2O. The molecule has 0 aliphatic heterocycles. The standard InChI is InChI=1S/C26H26N2O/c1-4-12-20-17-18-23-24(19-20)28(5-2)25(27-23)26(29-3,21-13-8-6-9-14-21)22-15-10-7-11-16-22/h4,6-11,13-19H,1,5,12H2,2-3H3. The van der Waals surface area contributed by atoms with Crippen molar-refractivity contribution in [3.63, 3.8) is 0 Å². The van der Waals surface area contributed by atoms with E-state index in [9.17, 15) is 0 Å². The minimum Gasteiger partial charge on any atom is -0.361 e. The molecule has 0 radical (unpaired) electrons. The van der Waals surface area contributed by atoms with E-state index in [1.54, 1.807) is 7.11 Å². The van der Waals surface area contributed by atoms with E-state index in [0.717, 1.165) is 41.0 Å². The molecule has 4 aromatic rings. The fourth-order valence-electron chi connectivity index (χ4n) is 4.15. The summed E-state index contributed by atoms with van der Waals surface area (Å²) in [5.41, 5.74) is 4.65. The van der Waals surface area contributed by atoms with Crippen LogP contribution in [-0.2, 0) is 23.3 Å². The van der Waals surface area contributed by atoms with Gasteiger partial charge in [-0.15, -0.1) is 6.58 Å². The van der Waals surface area contributed by atoms with E-state index >= 15 is 0 Å². The Labute approximate surface area is 172 Å². The van der Waals surface area contributed by atoms with Crippen LogP contribution >= 0.6 is 0 Å². The van der Waals surface area contributed by atoms with Gasteiger partial charge in [0, 0.05) is 13.7 Å². The molecule has 4 rings (SSSR count). The molecule has 0 saturated heterocycles. The Morgan fingerprint density at radius 2 is 1.59 bits per heavy atom. The number of hydrogen-bond donors (Lipinski definition) is 0. The summed E-state index contributed by atoms with van der Waals surface area (Å²) in [5, 5.41) is 0. The second-order valence-electron chi connectivity index (χ2n) is 7.11. The van der Waals surface area contributed by atoms with E-state index in [1.165, 1.54) is 5.56 Å². The van der Waals surface area contributed by atoms with Gasteiger partial charge in [0.25, 0.3) is 0 Å². The Morgan fingerprint density at radius 3 is 2.10 bits per heavy atom. The van der Waals surface area contributed by atoms with Crippen molar-refractivity contribution in [3.05, 3.63) is 114 Å². The van der Waals surface area contributed by atoms with Gasteiger partial charge in [-0.2, -0.15) is 0 Å². The van der Waals surface area contributed by atoms with Crippen molar-refractivity contribution in [1.29, 1.82) is 0 Å². The highest BCUT2D eigenvalue weighted by molar-refractivity contribution is 5.78. The second-order valence-corrected chi connectivity index (χ2v) is 7.11. The van der Waals surface area contributed by atoms with Crippen molar-refractivity contribution in [2.45, 2.75) is 25.5 Å². The Balaban J connectivity index is 2.06. The summed E-state index contributed by atoms with van der Waals surface area (Å²) in [4.78, 5) is 5.09. The summed E-state index contributed by atoms with van der Waals surface area (Å²) in [5.74, 6) is 0.894. The topological polar surface area (TPSA) is 27.1 Å². The third-order valence-corrected chi connectivity index (χ3v) is 5.49. The molecule has 1 aromatic heterocycles. The van der Waals surface area contributed by atoms with Crippen LogP contribution < -0.4 is 0 Å². The summed E-state index contributed by atoms with van der Waals surface area (Å²) in [6, 6.07) is 27.1. The van der Waals surface area contributed by atoms with Gasteiger partial charge in [-0.25, -0.2) is 4.98 Å². The molecule has 146 valence electrons. The largest absolute Gasteiger partial charge is 0.361 e. The number of benzene rings is 3. The van der Waals surface area contributed by atoms with Crippen LogP contribution in [0.1, 0.15) is 29.4 Å². The molecule has 0 aliphatic carbocycles. The summed E-state index contributed by atoms with van der Waals surface area (Å²) >= 11 is 0. The van der Waals surface area contributed by atoms with Gasteiger partial charge in [-0.05, 0) is 42.2 Å². The average Bonchev–Trinajstić information content (AvgIpc) is 3.14. The van der Waals surface area contributed by atoms with E-state index in [2.05, 4.69) is 60.5 Å². The second kappa shape index (κ2) is 8.06. The van der Waals surface area contributed by atoms with E-state index < -0.39 is 5.60 Å². The molecule has 3 heteroatoms. The third kappa shape index (κ3) is 3.18. The van der Waals surface area contributed by atoms with Crippen molar-refractivity contribution in [3.8, 4) is 0 Å². The normalized spacial score (nSPS) is 11.7. The number of fused-ring (bicyclic) bond motifs is 1. The van der Waals surface area contributed by atoms with Crippen LogP contribution in [0.2, 0.25) is 0 Å². The molecule has 3 nitrogen and oxygen atoms in total. The molecule has 0 fully saturated rings. The zero-order valence-corrected chi connectivity index (χ0v) is 17.0. The maximum atomic E-state index is 6.35. The molecule has 0 atom stereocenters. The smallest absolute Gasteiger partial charge is 0.175 e. The first-order chi connectivity index (χ1) is 14.2. The summed E-state index contributed by atoms with van der Waals surface area (Å²) in [6.07, 6.45) is 2.77. The molecule has 0 saturated carbocycles. The van der Waals surface area contributed by atoms with Gasteiger partial charge in [0.1, 0.15) is 0 Å². The van der Waals surface area contributed by atoms with Gasteiger partial charge in [-0.1, -0.05) is 72.8 Å². The SMILES string of the molecule is C=CCc1ccc2nc(C(OC)(c3ccccc3)c3ccccc3)n(CC)c2c1. The van der Waals surface area contributed by atoms with E-state index in [4.69, 9.17) is 9.72 Å². The highest BCUT2D eigenvalue weighted by atomic mass is 16.5. The molecular weight excluding hydrogens is 356 g/mol. The van der Waals surface area contributed by atoms with Gasteiger partial charge >= 0.3 is 0 Å². The van der Waals surface area contributed by atoms with E-state index in [0.29, 0.717) is 0 Å². The predicted molar refractivity (Wildman–Crippen MR) is 119 cm³/mol. The summed E-state index contributed by atoms with van der Waals surface area (Å²) in [6.45, 7) is 6.83. The number of nitrogens with zero attached hydrogens (tertiary/aromatic N) is 2. The maximum Gasteiger partial charge on any atom is 0.175 e. The minimum absolute atomic E-state index is 0.795. The monoisotopic (exact) mass is 382 g/mol. The molecule has 0 unspecified atom stereocenters. The number of allylic oxidation sites excluding steroid dienone is 1. The highest BCUT2D eigenvalue weighted by Gasteiger charge is 2.41. The van der Waals surface area contributed by atoms with Crippen molar-refractivity contribution in [2.75, 3.05) is 7.11 Å². The van der Waals surface area contributed by atoms with Gasteiger partial charge < -0.3 is 9.30 Å². The number of rotatable bonds is 7. The summed E-state index contributed by atoms with van der Waals surface area (Å²) < 4.78 is 8.62. The Kier molecular flexibility index (Phi) is 5.32. The van der Waals surface area contributed by atoms with Crippen molar-refractivity contribution >= 4 is 11.0 Å². The number of hydrogen-bond acceptors (Lipinski definition) is 2. The van der Waals surface area contributed by atoms with Gasteiger partial charge in [0.05, 0.1) is 11.0 Å². The Morgan fingerprint density at radius 1 is 0.966 bits per heavy atom. The number of aryl methyl sites for hydroxylation is 1. The first-order valence-electron chi connectivity index (χ1n) is 10.0. The van der Waals surface area contributed by atoms with Crippen LogP contribution in [-0.4, -0.2) is 16.7 Å². The molecule has 0 spiro atoms. The molecule has 1 heterocycles. The molecule has 29 heavy (non-hydrogen) atoms. The Hall–Kier alpha value is -3.17. The zero-order chi connectivity index (χ0) is 20.3. The zero-order valence-electron chi connectivity index (χ0n) is 17.0. The van der Waals surface area contributed by atoms with Crippen LogP contribution in [0.5, 0.6) is 0 Å². The van der Waals surface area contributed by atoms with Gasteiger partial charge in [0.2, 0.25) is 0 Å². The summed E-state index contributed by atoms with van der Waals surface area (Å²) in [7, 11) is 1.77. The molecule has 0 bridgehead atoms. The number of ether oxygens (including phenoxy) is 1. The van der Waals surface area contributed by atoms with Crippen LogP contribution in [0.15, 0.2) is 91.5 Å². The average molecular weight is 383 g/mol. The fraction of sp³-hybridized carbons (Fsp3) is 0.192. The van der Waals surface area contributed by atoms with Crippen molar-refractivity contribution in [1.82, 2.24) is 9.55 Å². The van der Waals surface area contributed by atoms with Crippen LogP contribution in [0, 0.1) is 0 Å². The van der Waals surface area contributed by atoms with Crippen LogP contribution in [0.4, 0.5) is 0 Å². The number of aromatic nitrogens is 2. The number of imidazole rings is 1. The lowest BCUT2D eigenvalue weighted by Gasteiger charge is -2.33. The van der Waals surface area contributed by atoms with E-state index in [1.807, 2.05) is 42.5 Å². The third-order valence-electron chi connectivity index (χ3n) is 5.49. The maximum absolute atomic E-state index is 6.35. The van der Waals surface area contributed by atoms with Crippen molar-refractivity contribution in [2.24, 2.45) is 0 Å². The van der Waals surface area contributed by atoms with Gasteiger partial charge in [0.15, 0.2) is 11.4 Å². The first-order valence-corrected chi connectivity index (χ1v) is 10.0. The predicted octanol–water partition coefficient (Wildman–Crippen LogP) is 5.72. The van der Waals surface area contributed by atoms with Gasteiger partial charge in [-0.3, -0.25) is 0 Å².